The molecule has 0 radical (unpaired) electrons. The van der Waals surface area contributed by atoms with Gasteiger partial charge >= 0.3 is 0 Å². The number of hydrogen-bond acceptors (Lipinski definition) is 4. The van der Waals surface area contributed by atoms with Gasteiger partial charge in [-0.15, -0.1) is 0 Å². The van der Waals surface area contributed by atoms with Gasteiger partial charge in [-0.2, -0.15) is 0 Å². The van der Waals surface area contributed by atoms with Crippen LogP contribution in [-0.4, -0.2) is 23.2 Å². The van der Waals surface area contributed by atoms with Gasteiger partial charge in [0.15, 0.2) is 0 Å². The lowest BCUT2D eigenvalue weighted by atomic mass is 9.88. The molecule has 0 bridgehead atoms. The van der Waals surface area contributed by atoms with Crippen LogP contribution >= 0.6 is 15.9 Å². The van der Waals surface area contributed by atoms with Crippen molar-refractivity contribution in [1.29, 1.82) is 0 Å². The van der Waals surface area contributed by atoms with Crippen molar-refractivity contribution in [2.75, 3.05) is 13.2 Å². The first-order chi connectivity index (χ1) is 9.37. The van der Waals surface area contributed by atoms with Crippen LogP contribution in [0.1, 0.15) is 32.3 Å². The van der Waals surface area contributed by atoms with Crippen molar-refractivity contribution in [3.8, 4) is 0 Å². The van der Waals surface area contributed by atoms with E-state index in [0.29, 0.717) is 11.0 Å². The lowest BCUT2D eigenvalue weighted by Gasteiger charge is -2.24. The molecule has 0 aromatic heterocycles. The maximum absolute atomic E-state index is 10.9. The number of aliphatic hydroxyl groups is 1. The van der Waals surface area contributed by atoms with Crippen LogP contribution in [0.3, 0.4) is 0 Å². The maximum Gasteiger partial charge on any atom is 0.283 e. The summed E-state index contributed by atoms with van der Waals surface area (Å²) in [4.78, 5) is 10.5. The topological polar surface area (TPSA) is 75.4 Å². The Morgan fingerprint density at radius 3 is 2.75 bits per heavy atom. The van der Waals surface area contributed by atoms with Crippen LogP contribution in [0, 0.1) is 15.5 Å². The van der Waals surface area contributed by atoms with E-state index in [9.17, 15) is 10.1 Å². The van der Waals surface area contributed by atoms with E-state index in [1.165, 1.54) is 6.07 Å². The van der Waals surface area contributed by atoms with Gasteiger partial charge in [0.25, 0.3) is 5.69 Å². The highest BCUT2D eigenvalue weighted by atomic mass is 79.9. The molecule has 6 heteroatoms. The summed E-state index contributed by atoms with van der Waals surface area (Å²) < 4.78 is 0.533. The van der Waals surface area contributed by atoms with Crippen LogP contribution in [0.2, 0.25) is 0 Å². The molecule has 0 aliphatic rings. The van der Waals surface area contributed by atoms with E-state index >= 15 is 0 Å². The minimum atomic E-state index is -0.390. The first-order valence-electron chi connectivity index (χ1n) is 6.61. The molecule has 0 saturated heterocycles. The molecule has 0 atom stereocenters. The summed E-state index contributed by atoms with van der Waals surface area (Å²) in [5.41, 5.74) is 1.05. The predicted octanol–water partition coefficient (Wildman–Crippen LogP) is 3.25. The van der Waals surface area contributed by atoms with Crippen LogP contribution < -0.4 is 5.32 Å². The number of aliphatic hydroxyl groups excluding tert-OH is 1. The second kappa shape index (κ2) is 7.71. The fourth-order valence-corrected chi connectivity index (χ4v) is 2.57. The molecule has 20 heavy (non-hydrogen) atoms. The molecule has 112 valence electrons. The first-order valence-corrected chi connectivity index (χ1v) is 7.40. The molecule has 0 unspecified atom stereocenters. The summed E-state index contributed by atoms with van der Waals surface area (Å²) in [5.74, 6) is 0. The zero-order valence-electron chi connectivity index (χ0n) is 11.9. The molecule has 1 aromatic carbocycles. The van der Waals surface area contributed by atoms with E-state index in [0.717, 1.165) is 24.9 Å². The Morgan fingerprint density at radius 1 is 1.45 bits per heavy atom. The zero-order valence-corrected chi connectivity index (χ0v) is 13.4. The van der Waals surface area contributed by atoms with Crippen molar-refractivity contribution in [3.63, 3.8) is 0 Å². The third-order valence-electron chi connectivity index (χ3n) is 3.19. The summed E-state index contributed by atoms with van der Waals surface area (Å²) >= 11 is 3.29. The van der Waals surface area contributed by atoms with Crippen molar-refractivity contribution in [2.24, 2.45) is 5.41 Å². The number of nitrogens with zero attached hydrogens (tertiary/aromatic N) is 1. The maximum atomic E-state index is 10.9. The number of nitrogens with one attached hydrogen (secondary N) is 1. The van der Waals surface area contributed by atoms with Gasteiger partial charge in [-0.25, -0.2) is 0 Å². The molecule has 0 aliphatic heterocycles. The Labute approximate surface area is 127 Å². The van der Waals surface area contributed by atoms with Gasteiger partial charge in [0.2, 0.25) is 0 Å². The molecule has 1 aromatic rings. The highest BCUT2D eigenvalue weighted by Crippen LogP contribution is 2.28. The van der Waals surface area contributed by atoms with E-state index in [2.05, 4.69) is 35.1 Å². The summed E-state index contributed by atoms with van der Waals surface area (Å²) in [6, 6.07) is 5.04. The largest absolute Gasteiger partial charge is 0.396 e. The van der Waals surface area contributed by atoms with E-state index < -0.39 is 4.92 Å². The third kappa shape index (κ3) is 5.19. The molecule has 0 heterocycles. The average Bonchev–Trinajstić information content (AvgIpc) is 2.38. The van der Waals surface area contributed by atoms with Crippen molar-refractivity contribution in [3.05, 3.63) is 38.3 Å². The van der Waals surface area contributed by atoms with Gasteiger partial charge < -0.3 is 10.4 Å². The number of benzene rings is 1. The highest BCUT2D eigenvalue weighted by Gasteiger charge is 2.18. The van der Waals surface area contributed by atoms with Crippen molar-refractivity contribution in [1.82, 2.24) is 5.32 Å². The summed E-state index contributed by atoms with van der Waals surface area (Å²) in [6.07, 6.45) is 1.72. The minimum absolute atomic E-state index is 0.0869. The monoisotopic (exact) mass is 344 g/mol. The normalized spacial score (nSPS) is 11.6. The Morgan fingerprint density at radius 2 is 2.15 bits per heavy atom. The van der Waals surface area contributed by atoms with Crippen LogP contribution in [0.15, 0.2) is 22.7 Å². The molecule has 0 fully saturated rings. The second-order valence-corrected chi connectivity index (χ2v) is 6.40. The highest BCUT2D eigenvalue weighted by molar-refractivity contribution is 9.10. The van der Waals surface area contributed by atoms with Gasteiger partial charge in [-0.1, -0.05) is 26.0 Å². The lowest BCUT2D eigenvalue weighted by Crippen LogP contribution is -2.29. The van der Waals surface area contributed by atoms with Crippen LogP contribution in [0.4, 0.5) is 5.69 Å². The molecule has 0 spiro atoms. The van der Waals surface area contributed by atoms with E-state index in [1.54, 1.807) is 6.07 Å². The molecule has 0 aliphatic carbocycles. The average molecular weight is 345 g/mol. The van der Waals surface area contributed by atoms with Crippen molar-refractivity contribution >= 4 is 21.6 Å². The smallest absolute Gasteiger partial charge is 0.283 e. The second-order valence-electron chi connectivity index (χ2n) is 5.60. The predicted molar refractivity (Wildman–Crippen MR) is 82.6 cm³/mol. The molecule has 0 saturated carbocycles. The number of hydrogen-bond donors (Lipinski definition) is 2. The summed E-state index contributed by atoms with van der Waals surface area (Å²) in [5, 5.41) is 23.0. The molecule has 5 nitrogen and oxygen atoms in total. The zero-order chi connectivity index (χ0) is 15.2. The molecule has 0 amide bonds. The SMILES string of the molecule is CC(C)(CCCO)CNCc1cccc([N+](=O)[O-])c1Br. The standard InChI is InChI=1S/C14H21BrN2O3/c1-14(2,7-4-8-18)10-16-9-11-5-3-6-12(13(11)15)17(19)20/h3,5-6,16,18H,4,7-10H2,1-2H3. The van der Waals surface area contributed by atoms with Gasteiger partial charge in [-0.3, -0.25) is 10.1 Å². The number of nitro benzene ring substituents is 1. The number of halogens is 1. The summed E-state index contributed by atoms with van der Waals surface area (Å²) in [6.45, 7) is 5.85. The number of rotatable bonds is 8. The van der Waals surface area contributed by atoms with Crippen LogP contribution in [0.5, 0.6) is 0 Å². The van der Waals surface area contributed by atoms with E-state index in [4.69, 9.17) is 5.11 Å². The van der Waals surface area contributed by atoms with E-state index in [-0.39, 0.29) is 17.7 Å². The molecular weight excluding hydrogens is 324 g/mol. The Kier molecular flexibility index (Phi) is 6.58. The Balaban J connectivity index is 2.58. The molecular formula is C14H21BrN2O3. The Bertz CT molecular complexity index is 464. The molecule has 2 N–H and O–H groups in total. The van der Waals surface area contributed by atoms with Gasteiger partial charge in [0.1, 0.15) is 0 Å². The van der Waals surface area contributed by atoms with Crippen molar-refractivity contribution in [2.45, 2.75) is 33.2 Å². The molecule has 1 rings (SSSR count). The number of nitro groups is 1. The lowest BCUT2D eigenvalue weighted by molar-refractivity contribution is -0.385. The van der Waals surface area contributed by atoms with Crippen molar-refractivity contribution < 1.29 is 10.0 Å². The quantitative estimate of drug-likeness (QED) is 0.560. The van der Waals surface area contributed by atoms with Crippen LogP contribution in [-0.2, 0) is 6.54 Å². The minimum Gasteiger partial charge on any atom is -0.396 e. The van der Waals surface area contributed by atoms with Gasteiger partial charge in [-0.05, 0) is 39.8 Å². The fraction of sp³-hybridized carbons (Fsp3) is 0.571. The van der Waals surface area contributed by atoms with Gasteiger partial charge in [0.05, 0.1) is 9.40 Å². The van der Waals surface area contributed by atoms with Gasteiger partial charge in [0, 0.05) is 25.8 Å². The van der Waals surface area contributed by atoms with Crippen LogP contribution in [0.25, 0.3) is 0 Å². The first kappa shape index (κ1) is 17.1. The summed E-state index contributed by atoms with van der Waals surface area (Å²) in [7, 11) is 0. The Hall–Kier alpha value is -0.980. The third-order valence-corrected chi connectivity index (χ3v) is 4.10. The fourth-order valence-electron chi connectivity index (χ4n) is 2.03. The van der Waals surface area contributed by atoms with E-state index in [1.807, 2.05) is 6.07 Å².